The summed E-state index contributed by atoms with van der Waals surface area (Å²) in [6.07, 6.45) is 6.99. The van der Waals surface area contributed by atoms with Crippen molar-refractivity contribution in [2.45, 2.75) is 56.7 Å². The van der Waals surface area contributed by atoms with Gasteiger partial charge in [-0.3, -0.25) is 0 Å². The fourth-order valence-electron chi connectivity index (χ4n) is 3.28. The number of nitrogens with zero attached hydrogens (tertiary/aromatic N) is 2. The number of rotatable bonds is 4. The molecule has 2 heterocycles. The van der Waals surface area contributed by atoms with E-state index < -0.39 is 0 Å². The first kappa shape index (κ1) is 12.3. The summed E-state index contributed by atoms with van der Waals surface area (Å²) in [5, 5.41) is 10.2. The van der Waals surface area contributed by atoms with Crippen LogP contribution in [0.15, 0.2) is 0 Å². The minimum absolute atomic E-state index is 0.101. The van der Waals surface area contributed by atoms with Gasteiger partial charge in [-0.25, -0.2) is 0 Å². The van der Waals surface area contributed by atoms with E-state index in [2.05, 4.69) is 23.9 Å². The highest BCUT2D eigenvalue weighted by Gasteiger charge is 2.27. The van der Waals surface area contributed by atoms with Gasteiger partial charge in [-0.2, -0.15) is 0 Å². The molecule has 2 aliphatic rings. The van der Waals surface area contributed by atoms with Gasteiger partial charge in [0.1, 0.15) is 0 Å². The van der Waals surface area contributed by atoms with Gasteiger partial charge in [0.15, 0.2) is 0 Å². The SMILES string of the molecule is CN1CCC[C@@H]1CC(O)C[C@H]1CCCN1C. The minimum atomic E-state index is -0.101. The summed E-state index contributed by atoms with van der Waals surface area (Å²) >= 11 is 0. The van der Waals surface area contributed by atoms with E-state index in [0.717, 1.165) is 12.8 Å². The lowest BCUT2D eigenvalue weighted by molar-refractivity contribution is 0.0961. The first-order chi connectivity index (χ1) is 7.66. The van der Waals surface area contributed by atoms with Gasteiger partial charge in [-0.1, -0.05) is 0 Å². The maximum atomic E-state index is 10.2. The number of hydrogen-bond acceptors (Lipinski definition) is 3. The Hall–Kier alpha value is -0.120. The van der Waals surface area contributed by atoms with Gasteiger partial charge in [0.25, 0.3) is 0 Å². The lowest BCUT2D eigenvalue weighted by Gasteiger charge is -2.26. The van der Waals surface area contributed by atoms with Gasteiger partial charge in [0, 0.05) is 12.1 Å². The average molecular weight is 226 g/mol. The molecular formula is C13H26N2O. The molecule has 2 saturated heterocycles. The standard InChI is InChI=1S/C13H26N2O/c1-14-7-3-5-11(14)9-13(16)10-12-6-4-8-15(12)2/h11-13,16H,3-10H2,1-2H3/t11-,12-/m1/s1. The molecule has 0 unspecified atom stereocenters. The molecule has 3 heteroatoms. The van der Waals surface area contributed by atoms with Crippen LogP contribution in [-0.2, 0) is 0 Å². The Morgan fingerprint density at radius 1 is 1.00 bits per heavy atom. The van der Waals surface area contributed by atoms with Crippen molar-refractivity contribution in [1.29, 1.82) is 0 Å². The van der Waals surface area contributed by atoms with E-state index in [1.54, 1.807) is 0 Å². The topological polar surface area (TPSA) is 26.7 Å². The summed E-state index contributed by atoms with van der Waals surface area (Å²) in [7, 11) is 4.37. The average Bonchev–Trinajstić information content (AvgIpc) is 2.79. The van der Waals surface area contributed by atoms with Crippen LogP contribution >= 0.6 is 0 Å². The third kappa shape index (κ3) is 2.96. The second kappa shape index (κ2) is 5.48. The summed E-state index contributed by atoms with van der Waals surface area (Å²) in [4.78, 5) is 4.81. The molecule has 94 valence electrons. The molecule has 1 N–H and O–H groups in total. The second-order valence-electron chi connectivity index (χ2n) is 5.68. The maximum absolute atomic E-state index is 10.2. The predicted octanol–water partition coefficient (Wildman–Crippen LogP) is 1.32. The lowest BCUT2D eigenvalue weighted by atomic mass is 10.00. The zero-order chi connectivity index (χ0) is 11.5. The lowest BCUT2D eigenvalue weighted by Crippen LogP contribution is -2.33. The van der Waals surface area contributed by atoms with Crippen LogP contribution < -0.4 is 0 Å². The molecule has 2 atom stereocenters. The number of aliphatic hydroxyl groups is 1. The smallest absolute Gasteiger partial charge is 0.0570 e. The number of likely N-dealkylation sites (tertiary alicyclic amines) is 2. The van der Waals surface area contributed by atoms with E-state index in [1.807, 2.05) is 0 Å². The zero-order valence-electron chi connectivity index (χ0n) is 10.7. The van der Waals surface area contributed by atoms with Crippen molar-refractivity contribution in [1.82, 2.24) is 9.80 Å². The van der Waals surface area contributed by atoms with E-state index in [1.165, 1.54) is 38.8 Å². The van der Waals surface area contributed by atoms with Gasteiger partial charge in [0.05, 0.1) is 6.10 Å². The Bertz CT molecular complexity index is 200. The van der Waals surface area contributed by atoms with Crippen LogP contribution in [0.5, 0.6) is 0 Å². The molecule has 0 saturated carbocycles. The molecule has 0 aliphatic carbocycles. The van der Waals surface area contributed by atoms with Crippen LogP contribution in [0.2, 0.25) is 0 Å². The third-order valence-corrected chi connectivity index (χ3v) is 4.43. The Balaban J connectivity index is 1.73. The van der Waals surface area contributed by atoms with E-state index in [0.29, 0.717) is 12.1 Å². The van der Waals surface area contributed by atoms with Crippen molar-refractivity contribution in [2.75, 3.05) is 27.2 Å². The van der Waals surface area contributed by atoms with E-state index in [9.17, 15) is 5.11 Å². The first-order valence-electron chi connectivity index (χ1n) is 6.75. The molecular weight excluding hydrogens is 200 g/mol. The molecule has 3 nitrogen and oxygen atoms in total. The highest BCUT2D eigenvalue weighted by atomic mass is 16.3. The molecule has 0 aromatic carbocycles. The van der Waals surface area contributed by atoms with Crippen molar-refractivity contribution in [3.8, 4) is 0 Å². The van der Waals surface area contributed by atoms with Crippen LogP contribution in [0.3, 0.4) is 0 Å². The molecule has 2 aliphatic heterocycles. The highest BCUT2D eigenvalue weighted by Crippen LogP contribution is 2.24. The summed E-state index contributed by atoms with van der Waals surface area (Å²) in [5.41, 5.74) is 0. The Kier molecular flexibility index (Phi) is 4.22. The van der Waals surface area contributed by atoms with Gasteiger partial charge >= 0.3 is 0 Å². The van der Waals surface area contributed by atoms with Crippen LogP contribution in [-0.4, -0.2) is 60.3 Å². The third-order valence-electron chi connectivity index (χ3n) is 4.43. The molecule has 2 rings (SSSR count). The molecule has 0 aromatic rings. The molecule has 2 fully saturated rings. The highest BCUT2D eigenvalue weighted by molar-refractivity contribution is 4.83. The van der Waals surface area contributed by atoms with E-state index in [4.69, 9.17) is 0 Å². The molecule has 0 spiro atoms. The maximum Gasteiger partial charge on any atom is 0.0570 e. The summed E-state index contributed by atoms with van der Waals surface area (Å²) < 4.78 is 0. The van der Waals surface area contributed by atoms with Crippen LogP contribution in [0.1, 0.15) is 38.5 Å². The van der Waals surface area contributed by atoms with Crippen LogP contribution in [0, 0.1) is 0 Å². The molecule has 0 aromatic heterocycles. The van der Waals surface area contributed by atoms with Crippen LogP contribution in [0.25, 0.3) is 0 Å². The number of aliphatic hydroxyl groups excluding tert-OH is 1. The van der Waals surface area contributed by atoms with Crippen molar-refractivity contribution in [3.05, 3.63) is 0 Å². The fraction of sp³-hybridized carbons (Fsp3) is 1.00. The Morgan fingerprint density at radius 2 is 1.44 bits per heavy atom. The Morgan fingerprint density at radius 3 is 1.75 bits per heavy atom. The normalized spacial score (nSPS) is 33.0. The van der Waals surface area contributed by atoms with Crippen LogP contribution in [0.4, 0.5) is 0 Å². The quantitative estimate of drug-likeness (QED) is 0.783. The summed E-state index contributed by atoms with van der Waals surface area (Å²) in [5.74, 6) is 0. The van der Waals surface area contributed by atoms with Gasteiger partial charge < -0.3 is 14.9 Å². The van der Waals surface area contributed by atoms with Crippen molar-refractivity contribution in [2.24, 2.45) is 0 Å². The second-order valence-corrected chi connectivity index (χ2v) is 5.68. The van der Waals surface area contributed by atoms with E-state index in [-0.39, 0.29) is 6.10 Å². The number of hydrogen-bond donors (Lipinski definition) is 1. The van der Waals surface area contributed by atoms with Gasteiger partial charge in [-0.15, -0.1) is 0 Å². The molecule has 16 heavy (non-hydrogen) atoms. The largest absolute Gasteiger partial charge is 0.393 e. The summed E-state index contributed by atoms with van der Waals surface area (Å²) in [6.45, 7) is 2.42. The zero-order valence-corrected chi connectivity index (χ0v) is 10.7. The van der Waals surface area contributed by atoms with Gasteiger partial charge in [0.2, 0.25) is 0 Å². The minimum Gasteiger partial charge on any atom is -0.393 e. The van der Waals surface area contributed by atoms with Gasteiger partial charge in [-0.05, 0) is 65.7 Å². The Labute approximate surface area is 99.4 Å². The molecule has 0 amide bonds. The fourth-order valence-corrected chi connectivity index (χ4v) is 3.28. The monoisotopic (exact) mass is 226 g/mol. The van der Waals surface area contributed by atoms with Crippen molar-refractivity contribution >= 4 is 0 Å². The summed E-state index contributed by atoms with van der Waals surface area (Å²) in [6, 6.07) is 1.25. The van der Waals surface area contributed by atoms with Crippen molar-refractivity contribution in [3.63, 3.8) is 0 Å². The first-order valence-corrected chi connectivity index (χ1v) is 6.75. The molecule has 0 radical (unpaired) electrons. The van der Waals surface area contributed by atoms with Crippen molar-refractivity contribution < 1.29 is 5.11 Å². The van der Waals surface area contributed by atoms with E-state index >= 15 is 0 Å². The molecule has 0 bridgehead atoms. The predicted molar refractivity (Wildman–Crippen MR) is 66.5 cm³/mol.